The highest BCUT2D eigenvalue weighted by atomic mass is 16.7. The smallest absolute Gasteiger partial charge is 0.231 e. The van der Waals surface area contributed by atoms with Gasteiger partial charge in [-0.2, -0.15) is 0 Å². The molecule has 4 heterocycles. The molecule has 0 saturated carbocycles. The van der Waals surface area contributed by atoms with Crippen LogP contribution in [-0.2, 0) is 16.1 Å². The Morgan fingerprint density at radius 1 is 1.13 bits per heavy atom. The van der Waals surface area contributed by atoms with Crippen molar-refractivity contribution in [2.75, 3.05) is 40.0 Å². The first kappa shape index (κ1) is 20.6. The van der Waals surface area contributed by atoms with Crippen molar-refractivity contribution in [3.8, 4) is 11.5 Å². The molecule has 31 heavy (non-hydrogen) atoms. The zero-order valence-electron chi connectivity index (χ0n) is 18.4. The van der Waals surface area contributed by atoms with E-state index in [1.54, 1.807) is 4.90 Å². The van der Waals surface area contributed by atoms with Crippen molar-refractivity contribution in [3.05, 3.63) is 23.8 Å². The summed E-state index contributed by atoms with van der Waals surface area (Å²) in [4.78, 5) is 32.1. The Bertz CT molecular complexity index is 842. The largest absolute Gasteiger partial charge is 0.454 e. The molecule has 0 unspecified atom stereocenters. The molecule has 168 valence electrons. The molecule has 0 spiro atoms. The fourth-order valence-electron chi connectivity index (χ4n) is 5.89. The number of fused-ring (bicyclic) bond motifs is 2. The van der Waals surface area contributed by atoms with Crippen LogP contribution in [0.2, 0.25) is 0 Å². The normalized spacial score (nSPS) is 28.0. The topological polar surface area (TPSA) is 62.3 Å². The van der Waals surface area contributed by atoms with Gasteiger partial charge in [0, 0.05) is 39.1 Å². The maximum absolute atomic E-state index is 13.2. The average Bonchev–Trinajstić information content (AvgIpc) is 3.39. The molecule has 7 heteroatoms. The van der Waals surface area contributed by atoms with Gasteiger partial charge in [-0.25, -0.2) is 0 Å². The van der Waals surface area contributed by atoms with E-state index >= 15 is 0 Å². The van der Waals surface area contributed by atoms with E-state index in [1.807, 2.05) is 30.1 Å². The van der Waals surface area contributed by atoms with Crippen molar-refractivity contribution in [2.45, 2.75) is 51.1 Å². The number of benzene rings is 1. The predicted octanol–water partition coefficient (Wildman–Crippen LogP) is 2.49. The second-order valence-corrected chi connectivity index (χ2v) is 9.58. The van der Waals surface area contributed by atoms with Crippen LogP contribution in [0.5, 0.6) is 11.5 Å². The summed E-state index contributed by atoms with van der Waals surface area (Å²) in [5.41, 5.74) is 0.999. The summed E-state index contributed by atoms with van der Waals surface area (Å²) in [6.07, 6.45) is 6.63. The van der Waals surface area contributed by atoms with Crippen LogP contribution in [0, 0.1) is 11.8 Å². The van der Waals surface area contributed by atoms with Gasteiger partial charge in [0.2, 0.25) is 18.6 Å². The van der Waals surface area contributed by atoms with E-state index in [9.17, 15) is 9.59 Å². The first-order chi connectivity index (χ1) is 15.1. The lowest BCUT2D eigenvalue weighted by atomic mass is 9.83. The van der Waals surface area contributed by atoms with Crippen LogP contribution in [0.25, 0.3) is 0 Å². The van der Waals surface area contributed by atoms with E-state index in [0.717, 1.165) is 23.6 Å². The van der Waals surface area contributed by atoms with Crippen LogP contribution in [0.15, 0.2) is 18.2 Å². The average molecular weight is 428 g/mol. The van der Waals surface area contributed by atoms with E-state index < -0.39 is 0 Å². The van der Waals surface area contributed by atoms with Crippen LogP contribution in [0.3, 0.4) is 0 Å². The molecule has 7 nitrogen and oxygen atoms in total. The van der Waals surface area contributed by atoms with Gasteiger partial charge in [0.05, 0.1) is 5.92 Å². The molecule has 1 aromatic rings. The van der Waals surface area contributed by atoms with Crippen LogP contribution in [-0.4, -0.2) is 72.6 Å². The summed E-state index contributed by atoms with van der Waals surface area (Å²) in [6.45, 7) is 4.48. The summed E-state index contributed by atoms with van der Waals surface area (Å²) in [6, 6.07) is 6.40. The Morgan fingerprint density at radius 2 is 1.97 bits per heavy atom. The third kappa shape index (κ3) is 4.25. The zero-order chi connectivity index (χ0) is 21.4. The van der Waals surface area contributed by atoms with E-state index in [0.29, 0.717) is 31.5 Å². The lowest BCUT2D eigenvalue weighted by Crippen LogP contribution is -2.51. The van der Waals surface area contributed by atoms with Crippen molar-refractivity contribution in [1.29, 1.82) is 0 Å². The summed E-state index contributed by atoms with van der Waals surface area (Å²) >= 11 is 0. The lowest BCUT2D eigenvalue weighted by Gasteiger charge is -2.45. The van der Waals surface area contributed by atoms with Gasteiger partial charge in [0.15, 0.2) is 11.5 Å². The highest BCUT2D eigenvalue weighted by Crippen LogP contribution is 2.34. The lowest BCUT2D eigenvalue weighted by molar-refractivity contribution is -0.135. The summed E-state index contributed by atoms with van der Waals surface area (Å²) < 4.78 is 10.8. The van der Waals surface area contributed by atoms with Crippen molar-refractivity contribution in [3.63, 3.8) is 0 Å². The maximum atomic E-state index is 13.2. The second-order valence-electron chi connectivity index (χ2n) is 9.58. The number of amides is 2. The van der Waals surface area contributed by atoms with Gasteiger partial charge in [-0.1, -0.05) is 12.5 Å². The fraction of sp³-hybridized carbons (Fsp3) is 0.667. The number of hydrogen-bond donors (Lipinski definition) is 0. The molecule has 4 aliphatic rings. The number of rotatable bonds is 5. The fourth-order valence-corrected chi connectivity index (χ4v) is 5.89. The molecule has 4 aliphatic heterocycles. The monoisotopic (exact) mass is 427 g/mol. The molecule has 0 radical (unpaired) electrons. The molecule has 2 amide bonds. The first-order valence-electron chi connectivity index (χ1n) is 11.7. The number of piperidine rings is 2. The standard InChI is InChI=1S/C24H33N3O4/c1-25(14-18-5-4-10-26-9-3-2-6-20(18)26)24(29)19-12-23(28)27(15-19)13-17-7-8-21-22(11-17)31-16-30-21/h7-8,11,18-20H,2-6,9-10,12-16H2,1H3/t18-,19-,20-/m0/s1. The number of likely N-dealkylation sites (tertiary alicyclic amines) is 1. The van der Waals surface area contributed by atoms with Gasteiger partial charge in [-0.05, 0) is 62.4 Å². The van der Waals surface area contributed by atoms with Gasteiger partial charge in [0.1, 0.15) is 0 Å². The van der Waals surface area contributed by atoms with Crippen LogP contribution < -0.4 is 9.47 Å². The third-order valence-electron chi connectivity index (χ3n) is 7.49. The predicted molar refractivity (Wildman–Crippen MR) is 116 cm³/mol. The highest BCUT2D eigenvalue weighted by molar-refractivity contribution is 5.89. The molecule has 0 aromatic heterocycles. The Hall–Kier alpha value is -2.28. The van der Waals surface area contributed by atoms with Crippen molar-refractivity contribution in [2.24, 2.45) is 11.8 Å². The summed E-state index contributed by atoms with van der Waals surface area (Å²) in [7, 11) is 1.93. The minimum Gasteiger partial charge on any atom is -0.454 e. The highest BCUT2D eigenvalue weighted by Gasteiger charge is 2.38. The molecule has 1 aromatic carbocycles. The Kier molecular flexibility index (Phi) is 5.78. The van der Waals surface area contributed by atoms with E-state index in [4.69, 9.17) is 9.47 Å². The molecule has 0 bridgehead atoms. The number of hydrogen-bond acceptors (Lipinski definition) is 5. The van der Waals surface area contributed by atoms with Crippen LogP contribution in [0.1, 0.15) is 44.1 Å². The second kappa shape index (κ2) is 8.69. The van der Waals surface area contributed by atoms with Gasteiger partial charge in [-0.3, -0.25) is 9.59 Å². The van der Waals surface area contributed by atoms with Crippen LogP contribution >= 0.6 is 0 Å². The molecular formula is C24H33N3O4. The molecule has 3 saturated heterocycles. The van der Waals surface area contributed by atoms with E-state index in [2.05, 4.69) is 4.90 Å². The van der Waals surface area contributed by atoms with Crippen molar-refractivity contribution in [1.82, 2.24) is 14.7 Å². The molecular weight excluding hydrogens is 394 g/mol. The number of carbonyl (C=O) groups is 2. The van der Waals surface area contributed by atoms with Gasteiger partial charge in [0.25, 0.3) is 0 Å². The zero-order valence-corrected chi connectivity index (χ0v) is 18.4. The minimum absolute atomic E-state index is 0.0561. The summed E-state index contributed by atoms with van der Waals surface area (Å²) in [5.74, 6) is 1.96. The van der Waals surface area contributed by atoms with Crippen molar-refractivity contribution >= 4 is 11.8 Å². The van der Waals surface area contributed by atoms with Gasteiger partial charge >= 0.3 is 0 Å². The molecule has 5 rings (SSSR count). The number of ether oxygens (including phenoxy) is 2. The Balaban J connectivity index is 1.17. The molecule has 3 fully saturated rings. The molecule has 0 N–H and O–H groups in total. The van der Waals surface area contributed by atoms with E-state index in [-0.39, 0.29) is 24.5 Å². The SMILES string of the molecule is CN(C[C@@H]1CCCN2CCCC[C@@H]12)C(=O)[C@H]1CC(=O)N(Cc2ccc3c(c2)OCO3)C1. The van der Waals surface area contributed by atoms with Crippen LogP contribution in [0.4, 0.5) is 0 Å². The number of nitrogens with zero attached hydrogens (tertiary/aromatic N) is 3. The van der Waals surface area contributed by atoms with Gasteiger partial charge in [-0.15, -0.1) is 0 Å². The molecule has 0 aliphatic carbocycles. The first-order valence-corrected chi connectivity index (χ1v) is 11.7. The number of carbonyl (C=O) groups excluding carboxylic acids is 2. The third-order valence-corrected chi connectivity index (χ3v) is 7.49. The van der Waals surface area contributed by atoms with Crippen molar-refractivity contribution < 1.29 is 19.1 Å². The van der Waals surface area contributed by atoms with Gasteiger partial charge < -0.3 is 24.2 Å². The Labute approximate surface area is 184 Å². The van der Waals surface area contributed by atoms with E-state index in [1.165, 1.54) is 45.2 Å². The summed E-state index contributed by atoms with van der Waals surface area (Å²) in [5, 5.41) is 0. The maximum Gasteiger partial charge on any atom is 0.231 e. The molecule has 3 atom stereocenters. The minimum atomic E-state index is -0.238. The quantitative estimate of drug-likeness (QED) is 0.723. The Morgan fingerprint density at radius 3 is 2.87 bits per heavy atom.